The number of ether oxygens (including phenoxy) is 2. The molecule has 1 aromatic rings. The number of carbonyl (C=O) groups excluding carboxylic acids is 1. The zero-order chi connectivity index (χ0) is 21.5. The third-order valence-corrected chi connectivity index (χ3v) is 8.37. The minimum Gasteiger partial charge on any atom is -0.497 e. The average Bonchev–Trinajstić information content (AvgIpc) is 3.22. The van der Waals surface area contributed by atoms with Crippen molar-refractivity contribution in [3.8, 4) is 5.75 Å². The summed E-state index contributed by atoms with van der Waals surface area (Å²) in [5, 5.41) is 12.2. The highest BCUT2D eigenvalue weighted by Crippen LogP contribution is 2.67. The molecule has 1 N–H and O–H groups in total. The summed E-state index contributed by atoms with van der Waals surface area (Å²) in [5.74, 6) is 0.468. The number of methoxy groups -OCH3 is 1. The van der Waals surface area contributed by atoms with Gasteiger partial charge in [0.1, 0.15) is 17.5 Å². The third kappa shape index (κ3) is 2.14. The molecule has 0 amide bonds. The lowest BCUT2D eigenvalue weighted by Crippen LogP contribution is -2.78. The molecule has 162 valence electrons. The van der Waals surface area contributed by atoms with E-state index in [1.807, 2.05) is 13.0 Å². The van der Waals surface area contributed by atoms with Gasteiger partial charge in [0.25, 0.3) is 0 Å². The van der Waals surface area contributed by atoms with E-state index in [-0.39, 0.29) is 23.5 Å². The number of aliphatic hydroxyl groups is 1. The molecule has 1 spiro atoms. The van der Waals surface area contributed by atoms with Crippen LogP contribution in [0.15, 0.2) is 30.4 Å². The summed E-state index contributed by atoms with van der Waals surface area (Å²) in [4.78, 5) is 16.9. The van der Waals surface area contributed by atoms with Crippen LogP contribution >= 0.6 is 0 Å². The van der Waals surface area contributed by atoms with E-state index >= 15 is 0 Å². The van der Waals surface area contributed by atoms with Crippen LogP contribution < -0.4 is 9.64 Å². The van der Waals surface area contributed by atoms with Crippen molar-refractivity contribution in [1.29, 1.82) is 0 Å². The van der Waals surface area contributed by atoms with E-state index in [0.717, 1.165) is 37.4 Å². The molecule has 0 aromatic heterocycles. The summed E-state index contributed by atoms with van der Waals surface area (Å²) in [6.45, 7) is 7.32. The maximum absolute atomic E-state index is 12.2. The summed E-state index contributed by atoms with van der Waals surface area (Å²) < 4.78 is 11.5. The molecule has 30 heavy (non-hydrogen) atoms. The Morgan fingerprint density at radius 2 is 2.10 bits per heavy atom. The number of anilines is 1. The molecule has 4 aliphatic rings. The molecule has 6 heteroatoms. The monoisotopic (exact) mass is 412 g/mol. The summed E-state index contributed by atoms with van der Waals surface area (Å²) in [5.41, 5.74) is 0.471. The molecule has 6 nitrogen and oxygen atoms in total. The number of carbonyl (C=O) groups is 1. The lowest BCUT2D eigenvalue weighted by atomic mass is 9.48. The van der Waals surface area contributed by atoms with E-state index in [1.165, 1.54) is 12.5 Å². The number of likely N-dealkylation sites (N-methyl/N-ethyl adjacent to an activating group) is 1. The predicted molar refractivity (Wildman–Crippen MR) is 115 cm³/mol. The van der Waals surface area contributed by atoms with Crippen LogP contribution in [0.25, 0.3) is 0 Å². The van der Waals surface area contributed by atoms with Gasteiger partial charge in [0, 0.05) is 49.1 Å². The van der Waals surface area contributed by atoms with Gasteiger partial charge >= 0.3 is 5.97 Å². The van der Waals surface area contributed by atoms with Crippen molar-refractivity contribution < 1.29 is 19.4 Å². The highest BCUT2D eigenvalue weighted by molar-refractivity contribution is 5.71. The lowest BCUT2D eigenvalue weighted by Gasteiger charge is -2.64. The van der Waals surface area contributed by atoms with Crippen LogP contribution in [0.5, 0.6) is 5.75 Å². The SMILES string of the molecule is CC[C@]12C=CCN3CCC4(c5ccc(OC)cc5N(C)C4[C@](C)(O)[C@@H]1OC(C)=O)C32. The van der Waals surface area contributed by atoms with E-state index in [9.17, 15) is 9.90 Å². The Morgan fingerprint density at radius 3 is 2.77 bits per heavy atom. The minimum atomic E-state index is -1.23. The lowest BCUT2D eigenvalue weighted by molar-refractivity contribution is -0.213. The summed E-state index contributed by atoms with van der Waals surface area (Å²) in [6, 6.07) is 6.26. The van der Waals surface area contributed by atoms with E-state index in [1.54, 1.807) is 7.11 Å². The van der Waals surface area contributed by atoms with Gasteiger partial charge in [0.15, 0.2) is 0 Å². The van der Waals surface area contributed by atoms with E-state index < -0.39 is 17.1 Å². The molecule has 3 aliphatic heterocycles. The first-order valence-electron chi connectivity index (χ1n) is 11.0. The van der Waals surface area contributed by atoms with E-state index in [0.29, 0.717) is 0 Å². The number of hydrogen-bond donors (Lipinski definition) is 1. The normalized spacial score (nSPS) is 41.3. The van der Waals surface area contributed by atoms with Crippen molar-refractivity contribution in [2.24, 2.45) is 5.41 Å². The van der Waals surface area contributed by atoms with Crippen LogP contribution in [0, 0.1) is 5.41 Å². The predicted octanol–water partition coefficient (Wildman–Crippen LogP) is 2.49. The standard InChI is InChI=1S/C24H32N2O4/c1-6-23-10-7-12-26-13-11-24(20(23)26)17-9-8-16(29-5)14-18(17)25(4)19(24)22(3,28)21(23)30-15(2)27/h7-10,14,19-21,28H,6,11-13H2,1-5H3/t19?,20?,21-,22-,23+,24?/m0/s1. The second-order valence-corrected chi connectivity index (χ2v) is 9.67. The van der Waals surface area contributed by atoms with Gasteiger partial charge in [-0.3, -0.25) is 9.69 Å². The fraction of sp³-hybridized carbons (Fsp3) is 0.625. The molecule has 0 bridgehead atoms. The highest BCUT2D eigenvalue weighted by Gasteiger charge is 2.76. The Balaban J connectivity index is 1.81. The number of hydrogen-bond acceptors (Lipinski definition) is 6. The Kier molecular flexibility index (Phi) is 4.13. The molecular weight excluding hydrogens is 380 g/mol. The Morgan fingerprint density at radius 1 is 1.33 bits per heavy atom. The van der Waals surface area contributed by atoms with Crippen molar-refractivity contribution >= 4 is 11.7 Å². The number of fused-ring (bicyclic) bond motifs is 1. The molecular formula is C24H32N2O4. The Bertz CT molecular complexity index is 928. The third-order valence-electron chi connectivity index (χ3n) is 8.37. The zero-order valence-corrected chi connectivity index (χ0v) is 18.5. The second-order valence-electron chi connectivity index (χ2n) is 9.67. The van der Waals surface area contributed by atoms with Gasteiger partial charge in [0.05, 0.1) is 13.2 Å². The molecule has 3 heterocycles. The minimum absolute atomic E-state index is 0.159. The molecule has 5 rings (SSSR count). The van der Waals surface area contributed by atoms with Crippen LogP contribution in [0.4, 0.5) is 5.69 Å². The quantitative estimate of drug-likeness (QED) is 0.608. The summed E-state index contributed by atoms with van der Waals surface area (Å²) in [7, 11) is 3.73. The van der Waals surface area contributed by atoms with E-state index in [2.05, 4.69) is 48.1 Å². The number of rotatable bonds is 3. The molecule has 0 radical (unpaired) electrons. The van der Waals surface area contributed by atoms with Crippen molar-refractivity contribution in [1.82, 2.24) is 4.90 Å². The number of nitrogens with zero attached hydrogens (tertiary/aromatic N) is 2. The zero-order valence-electron chi connectivity index (χ0n) is 18.5. The first-order valence-corrected chi connectivity index (χ1v) is 11.0. The van der Waals surface area contributed by atoms with Gasteiger partial charge in [-0.2, -0.15) is 0 Å². The van der Waals surface area contributed by atoms with Crippen LogP contribution in [-0.4, -0.2) is 67.0 Å². The van der Waals surface area contributed by atoms with Crippen molar-refractivity contribution in [3.05, 3.63) is 35.9 Å². The molecule has 1 saturated heterocycles. The fourth-order valence-electron chi connectivity index (χ4n) is 7.68. The molecule has 3 unspecified atom stereocenters. The largest absolute Gasteiger partial charge is 0.497 e. The molecule has 6 atom stereocenters. The van der Waals surface area contributed by atoms with Gasteiger partial charge in [-0.15, -0.1) is 0 Å². The highest BCUT2D eigenvalue weighted by atomic mass is 16.6. The fourth-order valence-corrected chi connectivity index (χ4v) is 7.68. The average molecular weight is 413 g/mol. The van der Waals surface area contributed by atoms with Crippen molar-refractivity contribution in [2.45, 2.75) is 62.8 Å². The topological polar surface area (TPSA) is 62.2 Å². The maximum atomic E-state index is 12.2. The van der Waals surface area contributed by atoms with Crippen LogP contribution in [-0.2, 0) is 14.9 Å². The van der Waals surface area contributed by atoms with Gasteiger partial charge in [0.2, 0.25) is 0 Å². The van der Waals surface area contributed by atoms with Crippen LogP contribution in [0.1, 0.15) is 39.2 Å². The second kappa shape index (κ2) is 6.24. The Hall–Kier alpha value is -2.05. The molecule has 1 aliphatic carbocycles. The van der Waals surface area contributed by atoms with Crippen molar-refractivity contribution in [2.75, 3.05) is 32.1 Å². The van der Waals surface area contributed by atoms with Gasteiger partial charge < -0.3 is 19.5 Å². The van der Waals surface area contributed by atoms with Gasteiger partial charge in [-0.25, -0.2) is 0 Å². The smallest absolute Gasteiger partial charge is 0.303 e. The van der Waals surface area contributed by atoms with Gasteiger partial charge in [-0.05, 0) is 37.9 Å². The summed E-state index contributed by atoms with van der Waals surface area (Å²) >= 11 is 0. The number of esters is 1. The maximum Gasteiger partial charge on any atom is 0.303 e. The number of benzene rings is 1. The first kappa shape index (κ1) is 19.9. The molecule has 1 aromatic carbocycles. The van der Waals surface area contributed by atoms with Crippen LogP contribution in [0.3, 0.4) is 0 Å². The van der Waals surface area contributed by atoms with Crippen molar-refractivity contribution in [3.63, 3.8) is 0 Å². The van der Waals surface area contributed by atoms with E-state index in [4.69, 9.17) is 9.47 Å². The summed E-state index contributed by atoms with van der Waals surface area (Å²) in [6.07, 6.45) is 5.58. The molecule has 2 fully saturated rings. The van der Waals surface area contributed by atoms with Crippen LogP contribution in [0.2, 0.25) is 0 Å². The Labute approximate surface area is 178 Å². The molecule has 1 saturated carbocycles. The first-order chi connectivity index (χ1) is 14.2. The van der Waals surface area contributed by atoms with Gasteiger partial charge in [-0.1, -0.05) is 25.1 Å².